The van der Waals surface area contributed by atoms with E-state index in [-0.39, 0.29) is 5.91 Å². The monoisotopic (exact) mass is 410 g/mol. The Bertz CT molecular complexity index is 912. The quantitative estimate of drug-likeness (QED) is 0.844. The molecule has 2 aromatic rings. The molecule has 1 spiro atoms. The molecule has 1 aromatic heterocycles. The van der Waals surface area contributed by atoms with Gasteiger partial charge >= 0.3 is 0 Å². The molecule has 0 radical (unpaired) electrons. The fraction of sp³-hybridized carbons (Fsp3) is 0.667. The summed E-state index contributed by atoms with van der Waals surface area (Å²) < 4.78 is 1.80. The van der Waals surface area contributed by atoms with E-state index >= 15 is 0 Å². The molecule has 1 saturated carbocycles. The lowest BCUT2D eigenvalue weighted by Crippen LogP contribution is -2.50. The van der Waals surface area contributed by atoms with E-state index in [2.05, 4.69) is 10.00 Å². The molecule has 1 aromatic carbocycles. The third kappa shape index (κ3) is 3.65. The summed E-state index contributed by atoms with van der Waals surface area (Å²) in [6, 6.07) is 7.95. The van der Waals surface area contributed by atoms with Crippen LogP contribution in [-0.2, 0) is 7.05 Å². The molecule has 3 fully saturated rings. The number of para-hydroxylation sites is 1. The predicted molar refractivity (Wildman–Crippen MR) is 117 cm³/mol. The van der Waals surface area contributed by atoms with Gasteiger partial charge in [-0.3, -0.25) is 9.48 Å². The van der Waals surface area contributed by atoms with Gasteiger partial charge in [0.25, 0.3) is 5.91 Å². The minimum absolute atomic E-state index is 0.0583. The van der Waals surface area contributed by atoms with Gasteiger partial charge in [-0.2, -0.15) is 5.10 Å². The Hall–Kier alpha value is -1.92. The lowest BCUT2D eigenvalue weighted by Gasteiger charge is -2.49. The van der Waals surface area contributed by atoms with Crippen molar-refractivity contribution in [1.82, 2.24) is 19.6 Å². The number of benzene rings is 1. The number of amides is 1. The van der Waals surface area contributed by atoms with Gasteiger partial charge in [-0.1, -0.05) is 18.2 Å². The Morgan fingerprint density at radius 3 is 2.37 bits per heavy atom. The summed E-state index contributed by atoms with van der Waals surface area (Å²) in [5, 5.41) is 16.6. The van der Waals surface area contributed by atoms with Gasteiger partial charge in [-0.15, -0.1) is 0 Å². The number of nitrogens with zero attached hydrogens (tertiary/aromatic N) is 4. The zero-order valence-electron chi connectivity index (χ0n) is 18.1. The number of rotatable bonds is 3. The van der Waals surface area contributed by atoms with Crippen LogP contribution in [0.2, 0.25) is 0 Å². The van der Waals surface area contributed by atoms with Gasteiger partial charge in [0.15, 0.2) is 5.69 Å². The number of β-amino-alcohol motifs (C(OH)–C–C–N with tert-alkyl or cyclic N) is 1. The number of carbonyl (C=O) groups is 1. The molecule has 1 aliphatic carbocycles. The first-order valence-corrected chi connectivity index (χ1v) is 11.6. The Morgan fingerprint density at radius 1 is 1.00 bits per heavy atom. The molecule has 1 N–H and O–H groups in total. The predicted octanol–water partition coefficient (Wildman–Crippen LogP) is 3.20. The highest BCUT2D eigenvalue weighted by Gasteiger charge is 2.44. The van der Waals surface area contributed by atoms with Gasteiger partial charge < -0.3 is 14.9 Å². The first-order valence-electron chi connectivity index (χ1n) is 11.6. The van der Waals surface area contributed by atoms with Crippen LogP contribution in [0.25, 0.3) is 10.9 Å². The number of piperidine rings is 1. The minimum atomic E-state index is -0.505. The average molecular weight is 411 g/mol. The highest BCUT2D eigenvalue weighted by Crippen LogP contribution is 2.48. The minimum Gasteiger partial charge on any atom is -0.389 e. The van der Waals surface area contributed by atoms with Crippen molar-refractivity contribution in [1.29, 1.82) is 0 Å². The Balaban J connectivity index is 1.21. The zero-order valence-corrected chi connectivity index (χ0v) is 18.1. The van der Waals surface area contributed by atoms with E-state index in [9.17, 15) is 9.90 Å². The molecular weight excluding hydrogens is 376 g/mol. The number of aromatic nitrogens is 2. The summed E-state index contributed by atoms with van der Waals surface area (Å²) in [5.41, 5.74) is 1.38. The van der Waals surface area contributed by atoms with Gasteiger partial charge in [0.2, 0.25) is 0 Å². The maximum atomic E-state index is 13.2. The van der Waals surface area contributed by atoms with Crippen LogP contribution in [0.1, 0.15) is 61.9 Å². The molecule has 3 heterocycles. The second-order valence-corrected chi connectivity index (χ2v) is 9.99. The topological polar surface area (TPSA) is 61.6 Å². The van der Waals surface area contributed by atoms with Gasteiger partial charge in [-0.25, -0.2) is 0 Å². The van der Waals surface area contributed by atoms with Gasteiger partial charge in [0, 0.05) is 32.1 Å². The first kappa shape index (κ1) is 20.0. The summed E-state index contributed by atoms with van der Waals surface area (Å²) in [6.45, 7) is 4.74. The highest BCUT2D eigenvalue weighted by molar-refractivity contribution is 6.04. The molecule has 5 rings (SSSR count). The molecule has 30 heavy (non-hydrogen) atoms. The summed E-state index contributed by atoms with van der Waals surface area (Å²) in [7, 11) is 1.90. The smallest absolute Gasteiger partial charge is 0.275 e. The number of aliphatic hydroxyl groups is 1. The maximum absolute atomic E-state index is 13.2. The van der Waals surface area contributed by atoms with Crippen molar-refractivity contribution in [3.63, 3.8) is 0 Å². The Labute approximate surface area is 178 Å². The largest absolute Gasteiger partial charge is 0.389 e. The van der Waals surface area contributed by atoms with Crippen LogP contribution in [0.3, 0.4) is 0 Å². The van der Waals surface area contributed by atoms with Crippen molar-refractivity contribution in [3.8, 4) is 0 Å². The molecule has 0 bridgehead atoms. The van der Waals surface area contributed by atoms with Crippen molar-refractivity contribution in [2.45, 2.75) is 57.0 Å². The second kappa shape index (κ2) is 7.65. The fourth-order valence-electron chi connectivity index (χ4n) is 5.97. The van der Waals surface area contributed by atoms with E-state index in [1.54, 1.807) is 4.68 Å². The second-order valence-electron chi connectivity index (χ2n) is 9.99. The van der Waals surface area contributed by atoms with E-state index in [1.807, 2.05) is 36.2 Å². The molecule has 3 aliphatic rings. The van der Waals surface area contributed by atoms with E-state index in [0.717, 1.165) is 82.2 Å². The normalized spacial score (nSPS) is 24.0. The summed E-state index contributed by atoms with van der Waals surface area (Å²) in [4.78, 5) is 17.6. The number of hydrogen-bond acceptors (Lipinski definition) is 4. The van der Waals surface area contributed by atoms with Gasteiger partial charge in [0.1, 0.15) is 0 Å². The van der Waals surface area contributed by atoms with Gasteiger partial charge in [0.05, 0.1) is 11.1 Å². The van der Waals surface area contributed by atoms with Crippen molar-refractivity contribution in [3.05, 3.63) is 30.0 Å². The Morgan fingerprint density at radius 2 is 1.67 bits per heavy atom. The lowest BCUT2D eigenvalue weighted by molar-refractivity contribution is -0.0648. The molecule has 2 aliphatic heterocycles. The molecule has 0 atom stereocenters. The van der Waals surface area contributed by atoms with Crippen LogP contribution in [0.15, 0.2) is 24.3 Å². The van der Waals surface area contributed by atoms with E-state index in [4.69, 9.17) is 0 Å². The third-order valence-electron chi connectivity index (χ3n) is 8.03. The van der Waals surface area contributed by atoms with E-state index < -0.39 is 5.60 Å². The van der Waals surface area contributed by atoms with Crippen LogP contribution >= 0.6 is 0 Å². The van der Waals surface area contributed by atoms with E-state index in [0.29, 0.717) is 11.1 Å². The van der Waals surface area contributed by atoms with E-state index in [1.165, 1.54) is 12.8 Å². The standard InChI is InChI=1S/C24H34N4O2/c1-26-20-7-3-2-6-19(20)21(25-26)22(29)28-16-12-23(13-17-28)8-10-24(30,11-9-23)18-27-14-4-5-15-27/h2-3,6-7,30H,4-5,8-18H2,1H3. The number of aryl methyl sites for hydroxylation is 1. The van der Waals surface area contributed by atoms with Crippen LogP contribution in [0.4, 0.5) is 0 Å². The summed E-state index contributed by atoms with van der Waals surface area (Å²) in [5.74, 6) is 0.0583. The zero-order chi connectivity index (χ0) is 20.8. The molecule has 6 nitrogen and oxygen atoms in total. The van der Waals surface area contributed by atoms with Gasteiger partial charge in [-0.05, 0) is 75.9 Å². The third-order valence-corrected chi connectivity index (χ3v) is 8.03. The van der Waals surface area contributed by atoms with Crippen LogP contribution in [-0.4, -0.2) is 68.9 Å². The van der Waals surface area contributed by atoms with Crippen molar-refractivity contribution in [2.24, 2.45) is 12.5 Å². The molecule has 162 valence electrons. The highest BCUT2D eigenvalue weighted by atomic mass is 16.3. The number of likely N-dealkylation sites (tertiary alicyclic amines) is 2. The van der Waals surface area contributed by atoms with Crippen molar-refractivity contribution >= 4 is 16.8 Å². The van der Waals surface area contributed by atoms with Crippen LogP contribution in [0, 0.1) is 5.41 Å². The number of fused-ring (bicyclic) bond motifs is 1. The Kier molecular flexibility index (Phi) is 5.10. The van der Waals surface area contributed by atoms with Crippen molar-refractivity contribution < 1.29 is 9.90 Å². The molecule has 2 saturated heterocycles. The molecular formula is C24H34N4O2. The first-order chi connectivity index (χ1) is 14.5. The number of hydrogen-bond donors (Lipinski definition) is 1. The van der Waals surface area contributed by atoms with Crippen molar-refractivity contribution in [2.75, 3.05) is 32.7 Å². The van der Waals surface area contributed by atoms with Crippen LogP contribution < -0.4 is 0 Å². The fourth-order valence-corrected chi connectivity index (χ4v) is 5.97. The molecule has 6 heteroatoms. The summed E-state index contributed by atoms with van der Waals surface area (Å²) in [6.07, 6.45) is 8.62. The number of carbonyl (C=O) groups excluding carboxylic acids is 1. The van der Waals surface area contributed by atoms with Crippen LogP contribution in [0.5, 0.6) is 0 Å². The average Bonchev–Trinajstić information content (AvgIpc) is 3.39. The molecule has 1 amide bonds. The lowest BCUT2D eigenvalue weighted by atomic mass is 9.64. The molecule has 0 unspecified atom stereocenters. The summed E-state index contributed by atoms with van der Waals surface area (Å²) >= 11 is 0. The maximum Gasteiger partial charge on any atom is 0.275 e. The SMILES string of the molecule is Cn1nc(C(=O)N2CCC3(CC2)CCC(O)(CN2CCCC2)CC3)c2ccccc21.